The molecule has 1 aliphatic heterocycles. The smallest absolute Gasteiger partial charge is 0.303 e. The molecule has 2 rings (SSSR count). The summed E-state index contributed by atoms with van der Waals surface area (Å²) in [5.41, 5.74) is 0.791. The molecule has 0 aliphatic carbocycles. The Morgan fingerprint density at radius 2 is 2.41 bits per heavy atom. The number of fused-ring (bicyclic) bond motifs is 1. The van der Waals surface area contributed by atoms with Crippen molar-refractivity contribution in [2.24, 2.45) is 0 Å². The number of nitrogens with zero attached hydrogens (tertiary/aromatic N) is 2. The number of aliphatic carboxylic acids is 1. The Morgan fingerprint density at radius 3 is 3.18 bits per heavy atom. The molecule has 1 aromatic rings. The van der Waals surface area contributed by atoms with Crippen molar-refractivity contribution in [2.45, 2.75) is 17.9 Å². The molecule has 0 fully saturated rings. The second kappa shape index (κ2) is 5.18. The van der Waals surface area contributed by atoms with Gasteiger partial charge in [0.25, 0.3) is 0 Å². The zero-order valence-electron chi connectivity index (χ0n) is 9.13. The number of hydrogen-bond donors (Lipinski definition) is 1. The molecule has 0 unspecified atom stereocenters. The molecule has 0 spiro atoms. The summed E-state index contributed by atoms with van der Waals surface area (Å²) >= 11 is 1.42. The largest absolute Gasteiger partial charge is 0.481 e. The number of anilines is 1. The van der Waals surface area contributed by atoms with Crippen LogP contribution in [0.5, 0.6) is 0 Å². The Morgan fingerprint density at radius 1 is 1.59 bits per heavy atom. The Hall–Kier alpha value is -1.56. The van der Waals surface area contributed by atoms with Crippen LogP contribution in [0.25, 0.3) is 0 Å². The summed E-state index contributed by atoms with van der Waals surface area (Å²) in [6, 6.07) is 3.62. The van der Waals surface area contributed by atoms with Crippen LogP contribution >= 0.6 is 11.8 Å². The Labute approximate surface area is 103 Å². The zero-order valence-corrected chi connectivity index (χ0v) is 9.94. The molecular formula is C11H12N2O3S. The van der Waals surface area contributed by atoms with E-state index < -0.39 is 5.97 Å². The maximum atomic E-state index is 11.8. The summed E-state index contributed by atoms with van der Waals surface area (Å²) in [4.78, 5) is 28.0. The molecule has 5 nitrogen and oxygen atoms in total. The number of hydrogen-bond acceptors (Lipinski definition) is 4. The van der Waals surface area contributed by atoms with E-state index in [0.29, 0.717) is 18.7 Å². The lowest BCUT2D eigenvalue weighted by Gasteiger charge is -2.27. The van der Waals surface area contributed by atoms with Crippen LogP contribution in [0, 0.1) is 0 Å². The first-order chi connectivity index (χ1) is 8.18. The first kappa shape index (κ1) is 11.9. The van der Waals surface area contributed by atoms with Crippen LogP contribution in [0.15, 0.2) is 23.4 Å². The fourth-order valence-electron chi connectivity index (χ4n) is 1.67. The highest BCUT2D eigenvalue weighted by molar-refractivity contribution is 8.00. The van der Waals surface area contributed by atoms with Gasteiger partial charge in [0.1, 0.15) is 5.03 Å². The summed E-state index contributed by atoms with van der Waals surface area (Å²) in [5, 5.41) is 9.42. The quantitative estimate of drug-likeness (QED) is 0.876. The van der Waals surface area contributed by atoms with Crippen molar-refractivity contribution in [1.82, 2.24) is 4.98 Å². The van der Waals surface area contributed by atoms with Gasteiger partial charge >= 0.3 is 5.97 Å². The average Bonchev–Trinajstić information content (AvgIpc) is 2.32. The Balaban J connectivity index is 2.10. The fraction of sp³-hybridized carbons (Fsp3) is 0.364. The van der Waals surface area contributed by atoms with E-state index in [0.717, 1.165) is 10.7 Å². The van der Waals surface area contributed by atoms with E-state index in [1.807, 2.05) is 6.07 Å². The third-order valence-electron chi connectivity index (χ3n) is 2.45. The number of carboxylic acid groups (broad SMARTS) is 1. The van der Waals surface area contributed by atoms with Gasteiger partial charge in [0, 0.05) is 19.2 Å². The van der Waals surface area contributed by atoms with Gasteiger partial charge in [0.2, 0.25) is 5.91 Å². The van der Waals surface area contributed by atoms with Gasteiger partial charge in [0.05, 0.1) is 11.4 Å². The van der Waals surface area contributed by atoms with Crippen molar-refractivity contribution in [3.05, 3.63) is 18.3 Å². The average molecular weight is 252 g/mol. The molecule has 0 atom stereocenters. The van der Waals surface area contributed by atoms with Crippen molar-refractivity contribution in [1.29, 1.82) is 0 Å². The van der Waals surface area contributed by atoms with Crippen molar-refractivity contribution in [2.75, 3.05) is 17.2 Å². The van der Waals surface area contributed by atoms with Crippen LogP contribution in [0.2, 0.25) is 0 Å². The summed E-state index contributed by atoms with van der Waals surface area (Å²) in [6.07, 6.45) is 2.23. The van der Waals surface area contributed by atoms with Gasteiger partial charge in [-0.15, -0.1) is 0 Å². The minimum atomic E-state index is -0.838. The molecule has 6 heteroatoms. The van der Waals surface area contributed by atoms with Crippen molar-refractivity contribution in [3.63, 3.8) is 0 Å². The zero-order chi connectivity index (χ0) is 12.3. The molecule has 1 aliphatic rings. The van der Waals surface area contributed by atoms with E-state index >= 15 is 0 Å². The number of carboxylic acids is 1. The van der Waals surface area contributed by atoms with Gasteiger partial charge in [0.15, 0.2) is 0 Å². The van der Waals surface area contributed by atoms with Crippen molar-refractivity contribution in [3.8, 4) is 0 Å². The third kappa shape index (κ3) is 2.76. The lowest BCUT2D eigenvalue weighted by molar-refractivity contribution is -0.137. The molecule has 0 aromatic carbocycles. The molecular weight excluding hydrogens is 240 g/mol. The Bertz CT molecular complexity index is 450. The monoisotopic (exact) mass is 252 g/mol. The molecule has 1 amide bonds. The molecule has 1 N–H and O–H groups in total. The number of thioether (sulfide) groups is 1. The highest BCUT2D eigenvalue weighted by atomic mass is 32.2. The summed E-state index contributed by atoms with van der Waals surface area (Å²) in [5.74, 6) is -0.451. The van der Waals surface area contributed by atoms with Crippen molar-refractivity contribution < 1.29 is 14.7 Å². The van der Waals surface area contributed by atoms with Gasteiger partial charge in [-0.1, -0.05) is 11.8 Å². The molecule has 1 aromatic heterocycles. The number of aromatic nitrogens is 1. The molecule has 17 heavy (non-hydrogen) atoms. The second-order valence-electron chi connectivity index (χ2n) is 3.66. The number of pyridine rings is 1. The van der Waals surface area contributed by atoms with Gasteiger partial charge in [-0.3, -0.25) is 9.59 Å². The minimum Gasteiger partial charge on any atom is -0.481 e. The van der Waals surface area contributed by atoms with Gasteiger partial charge in [-0.25, -0.2) is 4.98 Å². The van der Waals surface area contributed by atoms with E-state index in [2.05, 4.69) is 4.98 Å². The topological polar surface area (TPSA) is 70.5 Å². The van der Waals surface area contributed by atoms with E-state index in [-0.39, 0.29) is 12.3 Å². The van der Waals surface area contributed by atoms with Crippen LogP contribution in [0.3, 0.4) is 0 Å². The summed E-state index contributed by atoms with van der Waals surface area (Å²) < 4.78 is 0. The Kier molecular flexibility index (Phi) is 3.63. The number of rotatable bonds is 4. The van der Waals surface area contributed by atoms with E-state index in [4.69, 9.17) is 5.11 Å². The SMILES string of the molecule is O=C(O)CCCN1C(=O)CSc2ncccc21. The molecule has 0 saturated heterocycles. The maximum Gasteiger partial charge on any atom is 0.303 e. The van der Waals surface area contributed by atoms with Crippen LogP contribution in [-0.4, -0.2) is 34.3 Å². The predicted molar refractivity (Wildman–Crippen MR) is 64.2 cm³/mol. The number of carbonyl (C=O) groups is 2. The third-order valence-corrected chi connectivity index (χ3v) is 3.43. The van der Waals surface area contributed by atoms with E-state index in [9.17, 15) is 9.59 Å². The normalized spacial score (nSPS) is 14.6. The second-order valence-corrected chi connectivity index (χ2v) is 4.62. The van der Waals surface area contributed by atoms with Crippen LogP contribution in [-0.2, 0) is 9.59 Å². The molecule has 0 radical (unpaired) electrons. The van der Waals surface area contributed by atoms with Gasteiger partial charge in [-0.2, -0.15) is 0 Å². The highest BCUT2D eigenvalue weighted by Gasteiger charge is 2.24. The van der Waals surface area contributed by atoms with Crippen LogP contribution < -0.4 is 4.90 Å². The molecule has 2 heterocycles. The number of amides is 1. The molecule has 90 valence electrons. The van der Waals surface area contributed by atoms with Crippen LogP contribution in [0.1, 0.15) is 12.8 Å². The fourth-order valence-corrected chi connectivity index (χ4v) is 2.55. The van der Waals surface area contributed by atoms with Gasteiger partial charge < -0.3 is 10.0 Å². The van der Waals surface area contributed by atoms with Gasteiger partial charge in [-0.05, 0) is 18.6 Å². The first-order valence-electron chi connectivity index (χ1n) is 5.28. The summed E-state index contributed by atoms with van der Waals surface area (Å²) in [7, 11) is 0. The predicted octanol–water partition coefficient (Wildman–Crippen LogP) is 1.39. The maximum absolute atomic E-state index is 11.8. The van der Waals surface area contributed by atoms with E-state index in [1.54, 1.807) is 17.2 Å². The molecule has 0 bridgehead atoms. The summed E-state index contributed by atoms with van der Waals surface area (Å²) in [6.45, 7) is 0.435. The molecule has 0 saturated carbocycles. The van der Waals surface area contributed by atoms with Crippen LogP contribution in [0.4, 0.5) is 5.69 Å². The first-order valence-corrected chi connectivity index (χ1v) is 6.27. The minimum absolute atomic E-state index is 0.0147. The lowest BCUT2D eigenvalue weighted by atomic mass is 10.2. The standard InChI is InChI=1S/C11H12N2O3S/c14-9-7-17-11-8(3-1-5-12-11)13(9)6-2-4-10(15)16/h1,3,5H,2,4,6-7H2,(H,15,16). The van der Waals surface area contributed by atoms with Crippen molar-refractivity contribution >= 4 is 29.3 Å². The lowest BCUT2D eigenvalue weighted by Crippen LogP contribution is -2.36. The highest BCUT2D eigenvalue weighted by Crippen LogP contribution is 2.32. The van der Waals surface area contributed by atoms with E-state index in [1.165, 1.54) is 11.8 Å². The number of carbonyl (C=O) groups excluding carboxylic acids is 1.